The van der Waals surface area contributed by atoms with Crippen molar-refractivity contribution in [3.05, 3.63) is 0 Å². The molecule has 1 N–H and O–H groups in total. The third kappa shape index (κ3) is 3.84. The van der Waals surface area contributed by atoms with E-state index >= 15 is 0 Å². The molecule has 2 unspecified atom stereocenters. The minimum Gasteiger partial charge on any atom is -0.381 e. The lowest BCUT2D eigenvalue weighted by Crippen LogP contribution is -2.55. The highest BCUT2D eigenvalue weighted by atomic mass is 35.5. The first-order chi connectivity index (χ1) is 8.97. The largest absolute Gasteiger partial charge is 0.381 e. The van der Waals surface area contributed by atoms with Crippen LogP contribution in [0.5, 0.6) is 0 Å². The summed E-state index contributed by atoms with van der Waals surface area (Å²) in [7, 11) is -3.29. The van der Waals surface area contributed by atoms with Gasteiger partial charge in [0, 0.05) is 24.6 Å². The quantitative estimate of drug-likeness (QED) is 0.811. The van der Waals surface area contributed by atoms with Crippen LogP contribution in [0.2, 0.25) is 0 Å². The smallest absolute Gasteiger partial charge is 0.215 e. The zero-order valence-corrected chi connectivity index (χ0v) is 13.1. The summed E-state index contributed by atoms with van der Waals surface area (Å²) >= 11 is 6.10. The summed E-state index contributed by atoms with van der Waals surface area (Å²) in [6, 6.07) is 0. The molecule has 0 aromatic carbocycles. The highest BCUT2D eigenvalue weighted by molar-refractivity contribution is 7.90. The van der Waals surface area contributed by atoms with Gasteiger partial charge in [-0.1, -0.05) is 19.8 Å². The zero-order chi connectivity index (χ0) is 13.9. The van der Waals surface area contributed by atoms with E-state index in [0.29, 0.717) is 37.9 Å². The standard InChI is InChI=1S/C13H24ClNO3S/c1-11-3-2-6-13(9-11,10-14)15-19(16,17)12-4-7-18-8-5-12/h11-12,15H,2-10H2,1H3. The van der Waals surface area contributed by atoms with E-state index in [1.165, 1.54) is 0 Å². The average Bonchev–Trinajstić information content (AvgIpc) is 2.39. The van der Waals surface area contributed by atoms with Crippen LogP contribution in [0.1, 0.15) is 45.4 Å². The first-order valence-electron chi connectivity index (χ1n) is 7.14. The summed E-state index contributed by atoms with van der Waals surface area (Å²) in [6.07, 6.45) is 5.08. The van der Waals surface area contributed by atoms with Gasteiger partial charge in [0.15, 0.2) is 0 Å². The van der Waals surface area contributed by atoms with Gasteiger partial charge in [-0.3, -0.25) is 0 Å². The van der Waals surface area contributed by atoms with Crippen molar-refractivity contribution in [2.75, 3.05) is 19.1 Å². The molecule has 2 aliphatic rings. The van der Waals surface area contributed by atoms with Crippen molar-refractivity contribution in [3.8, 4) is 0 Å². The monoisotopic (exact) mass is 309 g/mol. The van der Waals surface area contributed by atoms with Gasteiger partial charge in [0.25, 0.3) is 0 Å². The van der Waals surface area contributed by atoms with Crippen molar-refractivity contribution >= 4 is 21.6 Å². The van der Waals surface area contributed by atoms with Gasteiger partial charge in [-0.15, -0.1) is 11.6 Å². The van der Waals surface area contributed by atoms with Crippen LogP contribution in [-0.4, -0.2) is 38.3 Å². The Balaban J connectivity index is 2.07. The van der Waals surface area contributed by atoms with Gasteiger partial charge in [-0.25, -0.2) is 13.1 Å². The molecule has 1 aliphatic carbocycles. The SMILES string of the molecule is CC1CCCC(CCl)(NS(=O)(=O)C2CCOCC2)C1. The fourth-order valence-corrected chi connectivity index (χ4v) is 5.50. The lowest BCUT2D eigenvalue weighted by molar-refractivity contribution is 0.0977. The summed E-state index contributed by atoms with van der Waals surface area (Å²) in [5.74, 6) is 0.893. The molecule has 1 aliphatic heterocycles. The minimum absolute atomic E-state index is 0.321. The van der Waals surface area contributed by atoms with E-state index in [1.54, 1.807) is 0 Å². The number of nitrogens with one attached hydrogen (secondary N) is 1. The van der Waals surface area contributed by atoms with Gasteiger partial charge < -0.3 is 4.74 Å². The van der Waals surface area contributed by atoms with E-state index in [9.17, 15) is 8.42 Å². The molecule has 4 nitrogen and oxygen atoms in total. The van der Waals surface area contributed by atoms with E-state index in [2.05, 4.69) is 11.6 Å². The number of alkyl halides is 1. The van der Waals surface area contributed by atoms with Crippen molar-refractivity contribution in [3.63, 3.8) is 0 Å². The van der Waals surface area contributed by atoms with Crippen LogP contribution < -0.4 is 4.72 Å². The first-order valence-corrected chi connectivity index (χ1v) is 9.22. The van der Waals surface area contributed by atoms with Crippen molar-refractivity contribution in [1.29, 1.82) is 0 Å². The molecule has 0 spiro atoms. The maximum atomic E-state index is 12.5. The van der Waals surface area contributed by atoms with Crippen LogP contribution in [0, 0.1) is 5.92 Å². The molecule has 112 valence electrons. The number of hydrogen-bond donors (Lipinski definition) is 1. The van der Waals surface area contributed by atoms with E-state index in [-0.39, 0.29) is 5.25 Å². The predicted octanol–water partition coefficient (Wildman–Crippen LogP) is 2.27. The molecule has 2 rings (SSSR count). The topological polar surface area (TPSA) is 55.4 Å². The van der Waals surface area contributed by atoms with Crippen LogP contribution in [0.25, 0.3) is 0 Å². The Kier molecular flexibility index (Phi) is 5.15. The third-order valence-electron chi connectivity index (χ3n) is 4.31. The third-order valence-corrected chi connectivity index (χ3v) is 6.89. The first kappa shape index (κ1) is 15.5. The molecule has 1 heterocycles. The fraction of sp³-hybridized carbons (Fsp3) is 1.00. The lowest BCUT2D eigenvalue weighted by atomic mass is 9.78. The van der Waals surface area contributed by atoms with Crippen LogP contribution in [0.3, 0.4) is 0 Å². The van der Waals surface area contributed by atoms with Gasteiger partial charge in [0.2, 0.25) is 10.0 Å². The second-order valence-corrected chi connectivity index (χ2v) is 8.30. The second-order valence-electron chi connectivity index (χ2n) is 6.07. The maximum absolute atomic E-state index is 12.5. The molecular formula is C13H24ClNO3S. The van der Waals surface area contributed by atoms with Crippen molar-refractivity contribution in [2.24, 2.45) is 5.92 Å². The molecule has 0 amide bonds. The number of hydrogen-bond acceptors (Lipinski definition) is 3. The van der Waals surface area contributed by atoms with Gasteiger partial charge in [0.05, 0.1) is 5.25 Å². The highest BCUT2D eigenvalue weighted by Gasteiger charge is 2.40. The number of halogens is 1. The maximum Gasteiger partial charge on any atom is 0.215 e. The minimum atomic E-state index is -3.29. The molecule has 2 fully saturated rings. The molecule has 6 heteroatoms. The molecule has 1 saturated heterocycles. The zero-order valence-electron chi connectivity index (χ0n) is 11.5. The van der Waals surface area contributed by atoms with E-state index < -0.39 is 15.6 Å². The summed E-state index contributed by atoms with van der Waals surface area (Å²) in [4.78, 5) is 0. The van der Waals surface area contributed by atoms with Crippen LogP contribution in [0.4, 0.5) is 0 Å². The van der Waals surface area contributed by atoms with E-state index in [4.69, 9.17) is 16.3 Å². The summed E-state index contributed by atoms with van der Waals surface area (Å²) in [5, 5.41) is -0.321. The second kappa shape index (κ2) is 6.29. The Morgan fingerprint density at radius 3 is 2.58 bits per heavy atom. The van der Waals surface area contributed by atoms with Crippen LogP contribution in [-0.2, 0) is 14.8 Å². The highest BCUT2D eigenvalue weighted by Crippen LogP contribution is 2.34. The van der Waals surface area contributed by atoms with Crippen molar-refractivity contribution in [1.82, 2.24) is 4.72 Å². The Hall–Kier alpha value is 0.160. The van der Waals surface area contributed by atoms with Gasteiger partial charge >= 0.3 is 0 Å². The Bertz CT molecular complexity index is 395. The molecular weight excluding hydrogens is 286 g/mol. The summed E-state index contributed by atoms with van der Waals surface area (Å²) in [6.45, 7) is 3.24. The van der Waals surface area contributed by atoms with Crippen LogP contribution >= 0.6 is 11.6 Å². The predicted molar refractivity (Wildman–Crippen MR) is 77.0 cm³/mol. The van der Waals surface area contributed by atoms with Crippen molar-refractivity contribution < 1.29 is 13.2 Å². The van der Waals surface area contributed by atoms with E-state index in [1.807, 2.05) is 0 Å². The Morgan fingerprint density at radius 1 is 1.32 bits per heavy atom. The molecule has 0 aromatic heterocycles. The molecule has 1 saturated carbocycles. The summed E-state index contributed by atoms with van der Waals surface area (Å²) in [5.41, 5.74) is -0.434. The fourth-order valence-electron chi connectivity index (χ4n) is 3.27. The van der Waals surface area contributed by atoms with Crippen LogP contribution in [0.15, 0.2) is 0 Å². The molecule has 0 bridgehead atoms. The van der Waals surface area contributed by atoms with Gasteiger partial charge in [-0.2, -0.15) is 0 Å². The van der Waals surface area contributed by atoms with Gasteiger partial charge in [-0.05, 0) is 31.6 Å². The molecule has 0 aromatic rings. The summed E-state index contributed by atoms with van der Waals surface area (Å²) < 4.78 is 33.2. The average molecular weight is 310 g/mol. The number of rotatable bonds is 4. The molecule has 0 radical (unpaired) electrons. The Morgan fingerprint density at radius 2 is 2.00 bits per heavy atom. The molecule has 2 atom stereocenters. The lowest BCUT2D eigenvalue weighted by Gasteiger charge is -2.40. The number of sulfonamides is 1. The molecule has 19 heavy (non-hydrogen) atoms. The Labute approximate surface area is 121 Å². The normalized spacial score (nSPS) is 34.3. The van der Waals surface area contributed by atoms with Gasteiger partial charge in [0.1, 0.15) is 0 Å². The van der Waals surface area contributed by atoms with E-state index in [0.717, 1.165) is 25.7 Å². The van der Waals surface area contributed by atoms with Crippen molar-refractivity contribution in [2.45, 2.75) is 56.2 Å². The number of ether oxygens (including phenoxy) is 1.